The van der Waals surface area contributed by atoms with Gasteiger partial charge in [0, 0.05) is 22.3 Å². The minimum Gasteiger partial charge on any atom is -0.491 e. The average Bonchev–Trinajstić information content (AvgIpc) is 3.43. The minimum atomic E-state index is -0.481. The van der Waals surface area contributed by atoms with E-state index in [1.807, 2.05) is 54.7 Å². The van der Waals surface area contributed by atoms with Crippen LogP contribution < -0.4 is 4.74 Å². The number of benzene rings is 3. The molecule has 1 fully saturated rings. The van der Waals surface area contributed by atoms with Crippen molar-refractivity contribution in [3.63, 3.8) is 0 Å². The van der Waals surface area contributed by atoms with E-state index in [9.17, 15) is 9.18 Å². The second kappa shape index (κ2) is 10.9. The molecule has 1 aliphatic heterocycles. The van der Waals surface area contributed by atoms with E-state index < -0.39 is 5.82 Å². The van der Waals surface area contributed by atoms with Gasteiger partial charge in [-0.2, -0.15) is 5.10 Å². The average molecular weight is 550 g/mol. The van der Waals surface area contributed by atoms with Gasteiger partial charge in [0.25, 0.3) is 5.91 Å². The van der Waals surface area contributed by atoms with Crippen LogP contribution in [-0.2, 0) is 11.3 Å². The molecule has 1 saturated heterocycles. The van der Waals surface area contributed by atoms with Crippen LogP contribution in [0.1, 0.15) is 18.1 Å². The fourth-order valence-corrected chi connectivity index (χ4v) is 5.37. The lowest BCUT2D eigenvalue weighted by atomic mass is 10.1. The molecular weight excluding hydrogens is 529 g/mol. The fourth-order valence-electron chi connectivity index (χ4n) is 3.93. The summed E-state index contributed by atoms with van der Waals surface area (Å²) in [7, 11) is 0. The first-order valence-electron chi connectivity index (χ1n) is 11.5. The summed E-state index contributed by atoms with van der Waals surface area (Å²) in [6.07, 6.45) is 3.57. The lowest BCUT2D eigenvalue weighted by Crippen LogP contribution is -2.27. The van der Waals surface area contributed by atoms with Gasteiger partial charge in [0.2, 0.25) is 0 Å². The molecule has 4 aromatic rings. The van der Waals surface area contributed by atoms with E-state index in [-0.39, 0.29) is 18.2 Å². The Hall–Kier alpha value is -3.46. The minimum absolute atomic E-state index is 0.177. The first-order chi connectivity index (χ1) is 17.9. The van der Waals surface area contributed by atoms with Crippen LogP contribution in [0.25, 0.3) is 23.0 Å². The van der Waals surface area contributed by atoms with Crippen molar-refractivity contribution >= 4 is 51.9 Å². The van der Waals surface area contributed by atoms with Crippen molar-refractivity contribution in [3.05, 3.63) is 106 Å². The summed E-state index contributed by atoms with van der Waals surface area (Å²) >= 11 is 13.0. The number of hydrogen-bond acceptors (Lipinski definition) is 5. The van der Waals surface area contributed by atoms with Gasteiger partial charge >= 0.3 is 0 Å². The number of para-hydroxylation sites is 1. The summed E-state index contributed by atoms with van der Waals surface area (Å²) in [6.45, 7) is 2.44. The normalized spacial score (nSPS) is 14.6. The first-order valence-corrected chi connectivity index (χ1v) is 13.1. The number of carbonyl (C=O) groups is 1. The van der Waals surface area contributed by atoms with Crippen molar-refractivity contribution < 1.29 is 13.9 Å². The smallest absolute Gasteiger partial charge is 0.266 e. The van der Waals surface area contributed by atoms with E-state index in [1.165, 1.54) is 22.7 Å². The second-order valence-corrected chi connectivity index (χ2v) is 10.2. The van der Waals surface area contributed by atoms with Crippen LogP contribution in [0.4, 0.5) is 4.39 Å². The van der Waals surface area contributed by atoms with Crippen LogP contribution >= 0.6 is 35.6 Å². The molecule has 0 radical (unpaired) electrons. The molecule has 1 amide bonds. The van der Waals surface area contributed by atoms with Crippen LogP contribution in [0, 0.1) is 5.82 Å². The summed E-state index contributed by atoms with van der Waals surface area (Å²) in [5, 5.41) is 5.31. The van der Waals surface area contributed by atoms with Gasteiger partial charge < -0.3 is 4.74 Å². The maximum atomic E-state index is 14.7. The Kier molecular flexibility index (Phi) is 7.41. The monoisotopic (exact) mass is 549 g/mol. The van der Waals surface area contributed by atoms with Gasteiger partial charge in [0.05, 0.1) is 23.7 Å². The zero-order valence-corrected chi connectivity index (χ0v) is 22.1. The Labute approximate surface area is 228 Å². The highest BCUT2D eigenvalue weighted by molar-refractivity contribution is 8.26. The van der Waals surface area contributed by atoms with Crippen molar-refractivity contribution in [1.29, 1.82) is 0 Å². The molecule has 5 nitrogen and oxygen atoms in total. The lowest BCUT2D eigenvalue weighted by molar-refractivity contribution is -0.122. The van der Waals surface area contributed by atoms with Crippen molar-refractivity contribution in [1.82, 2.24) is 14.7 Å². The lowest BCUT2D eigenvalue weighted by Gasteiger charge is -2.15. The summed E-state index contributed by atoms with van der Waals surface area (Å²) in [5.74, 6) is -0.521. The molecule has 0 aliphatic carbocycles. The molecule has 37 heavy (non-hydrogen) atoms. The van der Waals surface area contributed by atoms with Gasteiger partial charge in [0.15, 0.2) is 11.6 Å². The Morgan fingerprint density at radius 1 is 1.11 bits per heavy atom. The summed E-state index contributed by atoms with van der Waals surface area (Å²) in [5.41, 5.74) is 3.39. The van der Waals surface area contributed by atoms with Crippen LogP contribution in [0.5, 0.6) is 5.75 Å². The second-order valence-electron chi connectivity index (χ2n) is 8.15. The van der Waals surface area contributed by atoms with Crippen molar-refractivity contribution in [2.24, 2.45) is 0 Å². The molecule has 3 aromatic carbocycles. The molecule has 5 rings (SSSR count). The molecule has 0 spiro atoms. The van der Waals surface area contributed by atoms with Gasteiger partial charge in [-0.1, -0.05) is 72.0 Å². The molecular formula is C28H21ClFN3O2S2. The van der Waals surface area contributed by atoms with Crippen molar-refractivity contribution in [2.45, 2.75) is 13.5 Å². The Bertz CT molecular complexity index is 1520. The Morgan fingerprint density at radius 3 is 2.59 bits per heavy atom. The maximum absolute atomic E-state index is 14.7. The summed E-state index contributed by atoms with van der Waals surface area (Å²) in [4.78, 5) is 15.3. The molecule has 0 bridgehead atoms. The van der Waals surface area contributed by atoms with E-state index in [1.54, 1.807) is 35.9 Å². The number of aromatic nitrogens is 2. The summed E-state index contributed by atoms with van der Waals surface area (Å²) < 4.78 is 22.2. The van der Waals surface area contributed by atoms with Gasteiger partial charge in [-0.25, -0.2) is 9.07 Å². The third-order valence-electron chi connectivity index (χ3n) is 5.71. The van der Waals surface area contributed by atoms with E-state index >= 15 is 0 Å². The number of nitrogens with zero attached hydrogens (tertiary/aromatic N) is 3. The number of amides is 1. The highest BCUT2D eigenvalue weighted by Gasteiger charge is 2.33. The van der Waals surface area contributed by atoms with Gasteiger partial charge in [0.1, 0.15) is 10.0 Å². The third-order valence-corrected chi connectivity index (χ3v) is 7.46. The molecule has 0 N–H and O–H groups in total. The zero-order chi connectivity index (χ0) is 25.9. The Morgan fingerprint density at radius 2 is 1.86 bits per heavy atom. The van der Waals surface area contributed by atoms with E-state index in [2.05, 4.69) is 0 Å². The first kappa shape index (κ1) is 25.2. The predicted octanol–water partition coefficient (Wildman–Crippen LogP) is 7.13. The number of carbonyl (C=O) groups excluding carboxylic acids is 1. The van der Waals surface area contributed by atoms with E-state index in [4.69, 9.17) is 33.7 Å². The van der Waals surface area contributed by atoms with Crippen molar-refractivity contribution in [2.75, 3.05) is 6.61 Å². The fraction of sp³-hybridized carbons (Fsp3) is 0.107. The number of hydrogen-bond donors (Lipinski definition) is 0. The van der Waals surface area contributed by atoms with Crippen molar-refractivity contribution in [3.8, 4) is 22.7 Å². The largest absolute Gasteiger partial charge is 0.491 e. The molecule has 186 valence electrons. The molecule has 0 unspecified atom stereocenters. The molecule has 2 heterocycles. The number of halogens is 2. The zero-order valence-electron chi connectivity index (χ0n) is 19.7. The van der Waals surface area contributed by atoms with Gasteiger partial charge in [-0.15, -0.1) is 0 Å². The number of thioether (sulfide) groups is 1. The summed E-state index contributed by atoms with van der Waals surface area (Å²) in [6, 6.07) is 21.7. The van der Waals surface area contributed by atoms with Gasteiger partial charge in [-0.05, 0) is 55.0 Å². The quantitative estimate of drug-likeness (QED) is 0.181. The number of rotatable bonds is 7. The standard InChI is InChI=1S/C28H21ClFN3O2S2/c1-2-35-24-13-12-18(14-23(24)30)26-20(17-33(31-26)21-9-4-3-5-10-21)15-25-27(34)32(28(36)37-25)16-19-8-6-7-11-22(19)29/h3-15,17H,2,16H2,1H3. The molecule has 9 heteroatoms. The number of thiocarbonyl (C=S) groups is 1. The molecule has 0 saturated carbocycles. The SMILES string of the molecule is CCOc1ccc(-c2nn(-c3ccccc3)cc2C=C2SC(=S)N(Cc3ccccc3Cl)C2=O)cc1F. The maximum Gasteiger partial charge on any atom is 0.266 e. The van der Waals surface area contributed by atoms with Gasteiger partial charge in [-0.3, -0.25) is 9.69 Å². The van der Waals surface area contributed by atoms with Crippen LogP contribution in [0.2, 0.25) is 5.02 Å². The molecule has 0 atom stereocenters. The highest BCUT2D eigenvalue weighted by atomic mass is 35.5. The van der Waals surface area contributed by atoms with E-state index in [0.717, 1.165) is 11.3 Å². The highest BCUT2D eigenvalue weighted by Crippen LogP contribution is 2.36. The number of ether oxygens (including phenoxy) is 1. The van der Waals surface area contributed by atoms with Crippen LogP contribution in [0.3, 0.4) is 0 Å². The molecule has 1 aliphatic rings. The topological polar surface area (TPSA) is 47.4 Å². The van der Waals surface area contributed by atoms with E-state index in [0.29, 0.717) is 37.7 Å². The predicted molar refractivity (Wildman–Crippen MR) is 150 cm³/mol. The molecule has 1 aromatic heterocycles. The Balaban J connectivity index is 1.53. The van der Waals surface area contributed by atoms with Crippen LogP contribution in [0.15, 0.2) is 83.9 Å². The third kappa shape index (κ3) is 5.32. The van der Waals surface area contributed by atoms with Crippen LogP contribution in [-0.4, -0.2) is 31.5 Å².